The van der Waals surface area contributed by atoms with Crippen molar-refractivity contribution in [1.29, 1.82) is 0 Å². The Morgan fingerprint density at radius 3 is 2.56 bits per heavy atom. The number of hydrogen-bond acceptors (Lipinski definition) is 3. The molecular formula is C18H26FN3O3. The number of halogens is 1. The van der Waals surface area contributed by atoms with Gasteiger partial charge in [0.05, 0.1) is 13.5 Å². The summed E-state index contributed by atoms with van der Waals surface area (Å²) >= 11 is 0. The van der Waals surface area contributed by atoms with Gasteiger partial charge in [-0.3, -0.25) is 4.79 Å². The van der Waals surface area contributed by atoms with Gasteiger partial charge in [-0.2, -0.15) is 0 Å². The lowest BCUT2D eigenvalue weighted by molar-refractivity contribution is -0.130. The number of nitrogens with one attached hydrogen (secondary N) is 1. The summed E-state index contributed by atoms with van der Waals surface area (Å²) in [5.74, 6) is 0.0218. The summed E-state index contributed by atoms with van der Waals surface area (Å²) in [6.07, 6.45) is 0.802. The first-order chi connectivity index (χ1) is 11.9. The molecule has 25 heavy (non-hydrogen) atoms. The molecule has 0 aromatic heterocycles. The zero-order valence-corrected chi connectivity index (χ0v) is 15.0. The van der Waals surface area contributed by atoms with Gasteiger partial charge < -0.3 is 19.9 Å². The lowest BCUT2D eigenvalue weighted by atomic mass is 10.1. The summed E-state index contributed by atoms with van der Waals surface area (Å²) in [6, 6.07) is 4.14. The lowest BCUT2D eigenvalue weighted by Gasteiger charge is -2.23. The Hall–Kier alpha value is -2.31. The molecule has 0 atom stereocenters. The molecule has 0 spiro atoms. The van der Waals surface area contributed by atoms with Gasteiger partial charge in [0.2, 0.25) is 5.91 Å². The maximum absolute atomic E-state index is 13.5. The minimum Gasteiger partial charge on any atom is -0.496 e. The summed E-state index contributed by atoms with van der Waals surface area (Å²) in [6.45, 7) is 6.00. The highest BCUT2D eigenvalue weighted by molar-refractivity contribution is 5.80. The summed E-state index contributed by atoms with van der Waals surface area (Å²) in [7, 11) is 1.50. The third kappa shape index (κ3) is 5.34. The molecule has 6 nitrogen and oxygen atoms in total. The van der Waals surface area contributed by atoms with E-state index in [4.69, 9.17) is 4.74 Å². The first-order valence-corrected chi connectivity index (χ1v) is 8.56. The van der Waals surface area contributed by atoms with E-state index in [1.54, 1.807) is 9.80 Å². The summed E-state index contributed by atoms with van der Waals surface area (Å²) in [5, 5.41) is 2.87. The van der Waals surface area contributed by atoms with Crippen LogP contribution in [0.4, 0.5) is 9.18 Å². The number of benzene rings is 1. The molecule has 3 amide bonds. The molecule has 1 N–H and O–H groups in total. The largest absolute Gasteiger partial charge is 0.496 e. The van der Waals surface area contributed by atoms with Crippen LogP contribution in [0.15, 0.2) is 18.2 Å². The van der Waals surface area contributed by atoms with Crippen LogP contribution in [0.25, 0.3) is 0 Å². The molecular weight excluding hydrogens is 325 g/mol. The number of rotatable bonds is 4. The number of ether oxygens (including phenoxy) is 1. The van der Waals surface area contributed by atoms with E-state index in [0.717, 1.165) is 6.42 Å². The number of nitrogens with zero attached hydrogens (tertiary/aromatic N) is 2. The van der Waals surface area contributed by atoms with Gasteiger partial charge in [0.1, 0.15) is 11.6 Å². The van der Waals surface area contributed by atoms with Crippen molar-refractivity contribution in [1.82, 2.24) is 15.1 Å². The van der Waals surface area contributed by atoms with Gasteiger partial charge in [-0.15, -0.1) is 0 Å². The van der Waals surface area contributed by atoms with Gasteiger partial charge in [0, 0.05) is 37.8 Å². The van der Waals surface area contributed by atoms with E-state index in [1.807, 2.05) is 13.8 Å². The van der Waals surface area contributed by atoms with Crippen LogP contribution in [0.1, 0.15) is 25.8 Å². The van der Waals surface area contributed by atoms with Crippen LogP contribution in [0, 0.1) is 5.82 Å². The third-order valence-electron chi connectivity index (χ3n) is 4.13. The van der Waals surface area contributed by atoms with Crippen LogP contribution in [0.2, 0.25) is 0 Å². The van der Waals surface area contributed by atoms with Gasteiger partial charge in [-0.05, 0) is 38.5 Å². The van der Waals surface area contributed by atoms with Crippen molar-refractivity contribution in [2.45, 2.75) is 32.7 Å². The van der Waals surface area contributed by atoms with E-state index in [9.17, 15) is 14.0 Å². The molecule has 0 unspecified atom stereocenters. The van der Waals surface area contributed by atoms with Crippen LogP contribution in [-0.4, -0.2) is 61.1 Å². The van der Waals surface area contributed by atoms with Crippen molar-refractivity contribution in [3.63, 3.8) is 0 Å². The number of amides is 3. The maximum Gasteiger partial charge on any atom is 0.317 e. The van der Waals surface area contributed by atoms with Crippen molar-refractivity contribution >= 4 is 11.9 Å². The second-order valence-corrected chi connectivity index (χ2v) is 6.46. The van der Waals surface area contributed by atoms with Crippen LogP contribution in [0.5, 0.6) is 5.75 Å². The van der Waals surface area contributed by atoms with E-state index >= 15 is 0 Å². The molecule has 1 fully saturated rings. The second kappa shape index (κ2) is 8.69. The van der Waals surface area contributed by atoms with Gasteiger partial charge in [-0.1, -0.05) is 0 Å². The van der Waals surface area contributed by atoms with E-state index < -0.39 is 5.82 Å². The minimum absolute atomic E-state index is 0.0777. The van der Waals surface area contributed by atoms with Gasteiger partial charge in [-0.25, -0.2) is 9.18 Å². The second-order valence-electron chi connectivity index (χ2n) is 6.46. The average Bonchev–Trinajstić information content (AvgIpc) is 2.80. The zero-order chi connectivity index (χ0) is 18.4. The lowest BCUT2D eigenvalue weighted by Crippen LogP contribution is -2.45. The quantitative estimate of drug-likeness (QED) is 0.903. The van der Waals surface area contributed by atoms with E-state index in [0.29, 0.717) is 37.5 Å². The summed E-state index contributed by atoms with van der Waals surface area (Å²) in [4.78, 5) is 28.1. The Labute approximate surface area is 147 Å². The minimum atomic E-state index is -0.393. The normalized spacial score (nSPS) is 15.1. The highest BCUT2D eigenvalue weighted by atomic mass is 19.1. The standard InChI is InChI=1S/C18H26FN3O3/c1-13(2)20-18(24)22-8-4-7-21(9-10-22)17(23)12-14-11-15(19)5-6-16(14)25-3/h5-6,11,13H,4,7-10,12H2,1-3H3,(H,20,24). The van der Waals surface area contributed by atoms with Gasteiger partial charge in [0.15, 0.2) is 0 Å². The van der Waals surface area contributed by atoms with E-state index in [-0.39, 0.29) is 24.4 Å². The van der Waals surface area contributed by atoms with Crippen LogP contribution in [0.3, 0.4) is 0 Å². The Balaban J connectivity index is 1.97. The van der Waals surface area contributed by atoms with Gasteiger partial charge >= 0.3 is 6.03 Å². The van der Waals surface area contributed by atoms with Crippen molar-refractivity contribution in [2.24, 2.45) is 0 Å². The van der Waals surface area contributed by atoms with Crippen molar-refractivity contribution in [3.8, 4) is 5.75 Å². The van der Waals surface area contributed by atoms with Crippen LogP contribution in [-0.2, 0) is 11.2 Å². The number of carbonyl (C=O) groups excluding carboxylic acids is 2. The first kappa shape index (κ1) is 19.0. The molecule has 2 rings (SSSR count). The monoisotopic (exact) mass is 351 g/mol. The topological polar surface area (TPSA) is 61.9 Å². The molecule has 0 aliphatic carbocycles. The highest BCUT2D eigenvalue weighted by Crippen LogP contribution is 2.20. The SMILES string of the molecule is COc1ccc(F)cc1CC(=O)N1CCCN(C(=O)NC(C)C)CC1. The summed E-state index contributed by atoms with van der Waals surface area (Å²) in [5.41, 5.74) is 0.533. The van der Waals surface area contributed by atoms with Crippen molar-refractivity contribution < 1.29 is 18.7 Å². The molecule has 1 aromatic rings. The van der Waals surface area contributed by atoms with E-state index in [1.165, 1.54) is 25.3 Å². The molecule has 1 aliphatic rings. The Morgan fingerprint density at radius 1 is 1.20 bits per heavy atom. The summed E-state index contributed by atoms with van der Waals surface area (Å²) < 4.78 is 18.7. The Kier molecular flexibility index (Phi) is 6.61. The van der Waals surface area contributed by atoms with Crippen LogP contribution < -0.4 is 10.1 Å². The first-order valence-electron chi connectivity index (χ1n) is 8.56. The Morgan fingerprint density at radius 2 is 1.88 bits per heavy atom. The highest BCUT2D eigenvalue weighted by Gasteiger charge is 2.23. The predicted molar refractivity (Wildman–Crippen MR) is 93.1 cm³/mol. The van der Waals surface area contributed by atoms with Crippen LogP contribution >= 0.6 is 0 Å². The third-order valence-corrected chi connectivity index (χ3v) is 4.13. The number of urea groups is 1. The molecule has 0 bridgehead atoms. The number of carbonyl (C=O) groups is 2. The number of methoxy groups -OCH3 is 1. The van der Waals surface area contributed by atoms with E-state index in [2.05, 4.69) is 5.32 Å². The maximum atomic E-state index is 13.5. The average molecular weight is 351 g/mol. The molecule has 1 saturated heterocycles. The molecule has 0 radical (unpaired) electrons. The van der Waals surface area contributed by atoms with Crippen molar-refractivity contribution in [3.05, 3.63) is 29.6 Å². The molecule has 1 heterocycles. The zero-order valence-electron chi connectivity index (χ0n) is 15.0. The molecule has 0 saturated carbocycles. The molecule has 138 valence electrons. The number of hydrogen-bond donors (Lipinski definition) is 1. The molecule has 1 aliphatic heterocycles. The molecule has 1 aromatic carbocycles. The van der Waals surface area contributed by atoms with Gasteiger partial charge in [0.25, 0.3) is 0 Å². The van der Waals surface area contributed by atoms with Crippen molar-refractivity contribution in [2.75, 3.05) is 33.3 Å². The fourth-order valence-corrected chi connectivity index (χ4v) is 2.87. The Bertz CT molecular complexity index is 622. The fourth-order valence-electron chi connectivity index (χ4n) is 2.87. The molecule has 7 heteroatoms. The fraction of sp³-hybridized carbons (Fsp3) is 0.556. The smallest absolute Gasteiger partial charge is 0.317 e. The predicted octanol–water partition coefficient (Wildman–Crippen LogP) is 2.03.